The van der Waals surface area contributed by atoms with Gasteiger partial charge < -0.3 is 16.0 Å². The lowest BCUT2D eigenvalue weighted by Crippen LogP contribution is -2.32. The minimum Gasteiger partial charge on any atom is -0.409 e. The van der Waals surface area contributed by atoms with Gasteiger partial charge in [-0.05, 0) is 24.3 Å². The number of aliphatic hydroxyl groups is 1. The Morgan fingerprint density at radius 3 is 2.57 bits per heavy atom. The molecule has 84 valence electrons. The third-order valence-electron chi connectivity index (χ3n) is 2.12. The molecule has 14 heavy (non-hydrogen) atoms. The van der Waals surface area contributed by atoms with Crippen molar-refractivity contribution in [3.63, 3.8) is 0 Å². The summed E-state index contributed by atoms with van der Waals surface area (Å²) in [4.78, 5) is 0. The monoisotopic (exact) mass is 220 g/mol. The Morgan fingerprint density at radius 1 is 1.43 bits per heavy atom. The molecule has 0 amide bonds. The van der Waals surface area contributed by atoms with Gasteiger partial charge in [-0.25, -0.2) is 0 Å². The van der Waals surface area contributed by atoms with Gasteiger partial charge in [-0.3, -0.25) is 0 Å². The summed E-state index contributed by atoms with van der Waals surface area (Å²) in [6.45, 7) is 4.15. The van der Waals surface area contributed by atoms with Gasteiger partial charge in [-0.2, -0.15) is 11.8 Å². The molecular formula is C9H20N2O2S. The zero-order valence-electron chi connectivity index (χ0n) is 8.86. The molecule has 4 nitrogen and oxygen atoms in total. The molecule has 0 aromatic heterocycles. The number of nitrogens with two attached hydrogens (primary N) is 1. The van der Waals surface area contributed by atoms with E-state index in [9.17, 15) is 0 Å². The molecular weight excluding hydrogens is 200 g/mol. The van der Waals surface area contributed by atoms with Gasteiger partial charge in [0.1, 0.15) is 5.84 Å². The van der Waals surface area contributed by atoms with Gasteiger partial charge in [-0.1, -0.05) is 19.0 Å². The highest BCUT2D eigenvalue weighted by atomic mass is 32.2. The molecule has 0 fully saturated rings. The number of nitrogens with zero attached hydrogens (tertiary/aromatic N) is 1. The average molecular weight is 220 g/mol. The summed E-state index contributed by atoms with van der Waals surface area (Å²) in [7, 11) is 0. The van der Waals surface area contributed by atoms with Crippen molar-refractivity contribution < 1.29 is 10.3 Å². The van der Waals surface area contributed by atoms with Crippen LogP contribution in [0.3, 0.4) is 0 Å². The van der Waals surface area contributed by atoms with Crippen LogP contribution in [-0.2, 0) is 0 Å². The lowest BCUT2D eigenvalue weighted by Gasteiger charge is -2.22. The van der Waals surface area contributed by atoms with Crippen LogP contribution in [0.1, 0.15) is 26.7 Å². The van der Waals surface area contributed by atoms with Crippen LogP contribution in [0.25, 0.3) is 0 Å². The number of amidine groups is 1. The molecule has 0 aromatic carbocycles. The minimum atomic E-state index is -0.249. The summed E-state index contributed by atoms with van der Waals surface area (Å²) in [6, 6.07) is 0. The number of oxime groups is 1. The zero-order chi connectivity index (χ0) is 11.0. The average Bonchev–Trinajstić information content (AvgIpc) is 2.16. The molecule has 0 aromatic rings. The number of aliphatic hydroxyl groups excluding tert-OH is 1. The Kier molecular flexibility index (Phi) is 6.74. The van der Waals surface area contributed by atoms with Gasteiger partial charge in [0.25, 0.3) is 0 Å². The van der Waals surface area contributed by atoms with Gasteiger partial charge >= 0.3 is 0 Å². The van der Waals surface area contributed by atoms with E-state index in [4.69, 9.17) is 16.0 Å². The van der Waals surface area contributed by atoms with E-state index in [0.29, 0.717) is 0 Å². The Hall–Kier alpha value is -0.420. The molecule has 0 spiro atoms. The molecule has 0 aliphatic heterocycles. The normalized spacial score (nSPS) is 13.2. The highest BCUT2D eigenvalue weighted by molar-refractivity contribution is 7.99. The largest absolute Gasteiger partial charge is 0.409 e. The standard InChI is InChI=1S/C9H20N2O2S/c1-9(2,8(10)11-13)4-7-14-6-3-5-12/h12-13H,3-7H2,1-2H3,(H2,10,11). The fourth-order valence-corrected chi connectivity index (χ4v) is 2.05. The highest BCUT2D eigenvalue weighted by Gasteiger charge is 2.22. The molecule has 0 unspecified atom stereocenters. The first kappa shape index (κ1) is 13.6. The molecule has 0 saturated heterocycles. The fraction of sp³-hybridized carbons (Fsp3) is 0.889. The van der Waals surface area contributed by atoms with Crippen molar-refractivity contribution in [1.29, 1.82) is 0 Å². The van der Waals surface area contributed by atoms with Gasteiger partial charge in [0.05, 0.1) is 0 Å². The van der Waals surface area contributed by atoms with Crippen molar-refractivity contribution in [2.24, 2.45) is 16.3 Å². The van der Waals surface area contributed by atoms with Crippen molar-refractivity contribution >= 4 is 17.6 Å². The zero-order valence-corrected chi connectivity index (χ0v) is 9.68. The van der Waals surface area contributed by atoms with Crippen molar-refractivity contribution in [3.8, 4) is 0 Å². The number of hydrogen-bond donors (Lipinski definition) is 3. The Bertz CT molecular complexity index is 184. The maximum atomic E-state index is 8.57. The summed E-state index contributed by atoms with van der Waals surface area (Å²) < 4.78 is 0. The summed E-state index contributed by atoms with van der Waals surface area (Å²) in [6.07, 6.45) is 1.70. The first-order valence-corrected chi connectivity index (χ1v) is 5.86. The maximum Gasteiger partial charge on any atom is 0.144 e. The SMILES string of the molecule is CC(C)(CCSCCCO)C(N)=NO. The molecule has 0 rings (SSSR count). The van der Waals surface area contributed by atoms with Gasteiger partial charge in [0.2, 0.25) is 0 Å². The van der Waals surface area contributed by atoms with E-state index in [-0.39, 0.29) is 17.9 Å². The Labute approximate surface area is 89.6 Å². The number of rotatable bonds is 7. The van der Waals surface area contributed by atoms with Gasteiger partial charge in [0.15, 0.2) is 0 Å². The second-order valence-corrected chi connectivity index (χ2v) is 5.03. The smallest absolute Gasteiger partial charge is 0.144 e. The lowest BCUT2D eigenvalue weighted by molar-refractivity contribution is 0.296. The summed E-state index contributed by atoms with van der Waals surface area (Å²) >= 11 is 1.78. The van der Waals surface area contributed by atoms with Crippen LogP contribution in [0, 0.1) is 5.41 Å². The topological polar surface area (TPSA) is 78.8 Å². The summed E-state index contributed by atoms with van der Waals surface area (Å²) in [5.41, 5.74) is 5.29. The van der Waals surface area contributed by atoms with E-state index in [0.717, 1.165) is 24.3 Å². The molecule has 0 bridgehead atoms. The summed E-state index contributed by atoms with van der Waals surface area (Å²) in [5, 5.41) is 20.1. The summed E-state index contributed by atoms with van der Waals surface area (Å²) in [5.74, 6) is 2.20. The van der Waals surface area contributed by atoms with Crippen molar-refractivity contribution in [2.75, 3.05) is 18.1 Å². The predicted molar refractivity (Wildman–Crippen MR) is 60.8 cm³/mol. The molecule has 0 radical (unpaired) electrons. The van der Waals surface area contributed by atoms with E-state index < -0.39 is 0 Å². The number of thioether (sulfide) groups is 1. The molecule has 0 saturated carbocycles. The van der Waals surface area contributed by atoms with Gasteiger partial charge in [-0.15, -0.1) is 0 Å². The predicted octanol–water partition coefficient (Wildman–Crippen LogP) is 1.26. The van der Waals surface area contributed by atoms with E-state index >= 15 is 0 Å². The van der Waals surface area contributed by atoms with E-state index in [2.05, 4.69) is 5.16 Å². The Balaban J connectivity index is 3.66. The van der Waals surface area contributed by atoms with Crippen LogP contribution in [0.15, 0.2) is 5.16 Å². The van der Waals surface area contributed by atoms with Crippen molar-refractivity contribution in [2.45, 2.75) is 26.7 Å². The molecule has 0 atom stereocenters. The molecule has 0 aliphatic carbocycles. The molecule has 5 heteroatoms. The fourth-order valence-electron chi connectivity index (χ4n) is 0.859. The van der Waals surface area contributed by atoms with Crippen LogP contribution >= 0.6 is 11.8 Å². The van der Waals surface area contributed by atoms with Crippen LogP contribution < -0.4 is 5.73 Å². The van der Waals surface area contributed by atoms with Crippen LogP contribution in [-0.4, -0.2) is 34.3 Å². The van der Waals surface area contributed by atoms with Gasteiger partial charge in [0, 0.05) is 12.0 Å². The third kappa shape index (κ3) is 5.34. The highest BCUT2D eigenvalue weighted by Crippen LogP contribution is 2.23. The van der Waals surface area contributed by atoms with Crippen LogP contribution in [0.5, 0.6) is 0 Å². The quantitative estimate of drug-likeness (QED) is 0.198. The first-order chi connectivity index (χ1) is 6.54. The van der Waals surface area contributed by atoms with Crippen LogP contribution in [0.4, 0.5) is 0 Å². The third-order valence-corrected chi connectivity index (χ3v) is 3.19. The van der Waals surface area contributed by atoms with E-state index in [1.54, 1.807) is 11.8 Å². The van der Waals surface area contributed by atoms with Crippen LogP contribution in [0.2, 0.25) is 0 Å². The minimum absolute atomic E-state index is 0.247. The lowest BCUT2D eigenvalue weighted by atomic mass is 9.89. The second-order valence-electron chi connectivity index (χ2n) is 3.81. The second kappa shape index (κ2) is 6.95. The van der Waals surface area contributed by atoms with E-state index in [1.807, 2.05) is 13.8 Å². The molecule has 0 aliphatic rings. The van der Waals surface area contributed by atoms with Crippen molar-refractivity contribution in [1.82, 2.24) is 0 Å². The maximum absolute atomic E-state index is 8.57. The van der Waals surface area contributed by atoms with E-state index in [1.165, 1.54) is 0 Å². The Morgan fingerprint density at radius 2 is 2.07 bits per heavy atom. The first-order valence-electron chi connectivity index (χ1n) is 4.71. The molecule has 0 heterocycles. The van der Waals surface area contributed by atoms with Crippen molar-refractivity contribution in [3.05, 3.63) is 0 Å². The molecule has 4 N–H and O–H groups in total. The number of hydrogen-bond acceptors (Lipinski definition) is 4.